The maximum absolute atomic E-state index is 13.8. The molecule has 0 spiro atoms. The zero-order valence-electron chi connectivity index (χ0n) is 14.4. The minimum Gasteiger partial charge on any atom is -0.423 e. The van der Waals surface area contributed by atoms with Gasteiger partial charge in [-0.3, -0.25) is 4.90 Å². The molecule has 1 aromatic rings. The number of cyclic esters (lactones) is 1. The number of carbonyl (C=O) groups excluding carboxylic acids is 2. The molecule has 8 nitrogen and oxygen atoms in total. The van der Waals surface area contributed by atoms with Crippen molar-refractivity contribution in [2.24, 2.45) is 0 Å². The highest BCUT2D eigenvalue weighted by Crippen LogP contribution is 2.23. The van der Waals surface area contributed by atoms with E-state index in [1.165, 1.54) is 11.0 Å². The Labute approximate surface area is 144 Å². The Hall–Kier alpha value is -2.33. The zero-order chi connectivity index (χ0) is 18.9. The first-order valence-corrected chi connectivity index (χ1v) is 7.59. The van der Waals surface area contributed by atoms with Gasteiger partial charge in [-0.2, -0.15) is 0 Å². The van der Waals surface area contributed by atoms with E-state index in [1.54, 1.807) is 7.05 Å². The van der Waals surface area contributed by atoms with Crippen molar-refractivity contribution < 1.29 is 33.5 Å². The third kappa shape index (κ3) is 4.20. The highest BCUT2D eigenvalue weighted by molar-refractivity contribution is 6.58. The standard InChI is InChI=1S/C15H20BFN2O6/c1-15(2,3)18(4)13(20)24-12-8-19(14(21)25-12)9-5-6-10(16(22)23)11(17)7-9/h5-7,12,22-23H,8H2,1-4H3/t12-/m0/s1. The monoisotopic (exact) mass is 354 g/mol. The smallest absolute Gasteiger partial charge is 0.423 e. The molecule has 1 aliphatic heterocycles. The molecule has 2 N–H and O–H groups in total. The van der Waals surface area contributed by atoms with Crippen molar-refractivity contribution in [3.8, 4) is 0 Å². The number of hydrogen-bond donors (Lipinski definition) is 2. The van der Waals surface area contributed by atoms with E-state index in [0.29, 0.717) is 0 Å². The normalized spacial score (nSPS) is 17.3. The number of rotatable bonds is 3. The fraction of sp³-hybridized carbons (Fsp3) is 0.467. The predicted octanol–water partition coefficient (Wildman–Crippen LogP) is 0.655. The van der Waals surface area contributed by atoms with Crippen LogP contribution in [0.5, 0.6) is 0 Å². The van der Waals surface area contributed by atoms with Crippen LogP contribution in [-0.4, -0.2) is 59.7 Å². The molecule has 2 rings (SSSR count). The lowest BCUT2D eigenvalue weighted by Crippen LogP contribution is -2.44. The van der Waals surface area contributed by atoms with E-state index in [-0.39, 0.29) is 17.7 Å². The van der Waals surface area contributed by atoms with E-state index in [2.05, 4.69) is 0 Å². The SMILES string of the molecule is CN(C(=O)O[C@@H]1CN(c2ccc(B(O)O)c(F)c2)C(=O)O1)C(C)(C)C. The minimum atomic E-state index is -1.96. The molecule has 0 bridgehead atoms. The van der Waals surface area contributed by atoms with Gasteiger partial charge in [-0.25, -0.2) is 14.0 Å². The van der Waals surface area contributed by atoms with Gasteiger partial charge < -0.3 is 24.4 Å². The van der Waals surface area contributed by atoms with Gasteiger partial charge in [0.15, 0.2) is 0 Å². The Bertz CT molecular complexity index is 678. The summed E-state index contributed by atoms with van der Waals surface area (Å²) in [6, 6.07) is 3.46. The van der Waals surface area contributed by atoms with Gasteiger partial charge in [0.2, 0.25) is 0 Å². The summed E-state index contributed by atoms with van der Waals surface area (Å²) >= 11 is 0. The third-order valence-electron chi connectivity index (χ3n) is 3.87. The molecule has 1 fully saturated rings. The fourth-order valence-corrected chi connectivity index (χ4v) is 2.07. The maximum Gasteiger partial charge on any atom is 0.491 e. The van der Waals surface area contributed by atoms with E-state index >= 15 is 0 Å². The van der Waals surface area contributed by atoms with Crippen LogP contribution >= 0.6 is 0 Å². The molecule has 0 aromatic heterocycles. The molecule has 1 heterocycles. The second-order valence-electron chi connectivity index (χ2n) is 6.62. The highest BCUT2D eigenvalue weighted by atomic mass is 19.1. The molecule has 1 aliphatic rings. The first kappa shape index (κ1) is 19.0. The van der Waals surface area contributed by atoms with Crippen molar-refractivity contribution in [1.29, 1.82) is 0 Å². The lowest BCUT2D eigenvalue weighted by molar-refractivity contribution is -0.0474. The van der Waals surface area contributed by atoms with Gasteiger partial charge in [-0.05, 0) is 32.9 Å². The van der Waals surface area contributed by atoms with Gasteiger partial charge in [-0.1, -0.05) is 6.07 Å². The van der Waals surface area contributed by atoms with Gasteiger partial charge in [0.05, 0.1) is 5.69 Å². The Morgan fingerprint density at radius 2 is 2.08 bits per heavy atom. The van der Waals surface area contributed by atoms with Crippen LogP contribution in [0.15, 0.2) is 18.2 Å². The van der Waals surface area contributed by atoms with Crippen LogP contribution in [0.3, 0.4) is 0 Å². The topological polar surface area (TPSA) is 99.5 Å². The quantitative estimate of drug-likeness (QED) is 0.774. The van der Waals surface area contributed by atoms with E-state index in [0.717, 1.165) is 17.0 Å². The summed E-state index contributed by atoms with van der Waals surface area (Å²) in [6.45, 7) is 5.35. The van der Waals surface area contributed by atoms with Crippen molar-refractivity contribution in [1.82, 2.24) is 4.90 Å². The molecule has 1 atom stereocenters. The highest BCUT2D eigenvalue weighted by Gasteiger charge is 2.37. The maximum atomic E-state index is 13.8. The molecule has 2 amide bonds. The van der Waals surface area contributed by atoms with Crippen LogP contribution in [-0.2, 0) is 9.47 Å². The molecule has 25 heavy (non-hydrogen) atoms. The Morgan fingerprint density at radius 1 is 1.44 bits per heavy atom. The second-order valence-corrected chi connectivity index (χ2v) is 6.62. The average Bonchev–Trinajstić information content (AvgIpc) is 2.85. The summed E-state index contributed by atoms with van der Waals surface area (Å²) in [6.07, 6.45) is -2.58. The van der Waals surface area contributed by atoms with Crippen LogP contribution in [0.25, 0.3) is 0 Å². The number of ether oxygens (including phenoxy) is 2. The number of benzene rings is 1. The van der Waals surface area contributed by atoms with Crippen LogP contribution in [0.2, 0.25) is 0 Å². The largest absolute Gasteiger partial charge is 0.491 e. The van der Waals surface area contributed by atoms with Crippen LogP contribution < -0.4 is 10.4 Å². The number of carbonyl (C=O) groups is 2. The minimum absolute atomic E-state index is 0.108. The summed E-state index contributed by atoms with van der Waals surface area (Å²) in [5.74, 6) is -0.881. The molecular weight excluding hydrogens is 334 g/mol. The van der Waals surface area contributed by atoms with Crippen LogP contribution in [0, 0.1) is 5.82 Å². The van der Waals surface area contributed by atoms with Crippen molar-refractivity contribution in [2.75, 3.05) is 18.5 Å². The molecule has 1 aromatic carbocycles. The van der Waals surface area contributed by atoms with Crippen molar-refractivity contribution >= 4 is 30.5 Å². The number of hydrogen-bond acceptors (Lipinski definition) is 6. The first-order chi connectivity index (χ1) is 11.5. The Kier molecular flexibility index (Phi) is 5.24. The van der Waals surface area contributed by atoms with Gasteiger partial charge in [0, 0.05) is 18.0 Å². The molecular formula is C15H20BFN2O6. The zero-order valence-corrected chi connectivity index (χ0v) is 14.4. The third-order valence-corrected chi connectivity index (χ3v) is 3.87. The summed E-state index contributed by atoms with van der Waals surface area (Å²) in [4.78, 5) is 26.4. The molecule has 0 saturated carbocycles. The number of nitrogens with zero attached hydrogens (tertiary/aromatic N) is 2. The van der Waals surface area contributed by atoms with E-state index in [1.807, 2.05) is 20.8 Å². The molecule has 10 heteroatoms. The lowest BCUT2D eigenvalue weighted by atomic mass is 9.80. The average molecular weight is 354 g/mol. The van der Waals surface area contributed by atoms with Crippen molar-refractivity contribution in [3.63, 3.8) is 0 Å². The van der Waals surface area contributed by atoms with E-state index < -0.39 is 37.0 Å². The van der Waals surface area contributed by atoms with E-state index in [4.69, 9.17) is 19.5 Å². The van der Waals surface area contributed by atoms with Gasteiger partial charge in [0.1, 0.15) is 12.4 Å². The van der Waals surface area contributed by atoms with Crippen molar-refractivity contribution in [3.05, 3.63) is 24.0 Å². The summed E-state index contributed by atoms with van der Waals surface area (Å²) in [7, 11) is -0.397. The first-order valence-electron chi connectivity index (χ1n) is 7.59. The predicted molar refractivity (Wildman–Crippen MR) is 87.8 cm³/mol. The summed E-state index contributed by atoms with van der Waals surface area (Å²) in [5.41, 5.74) is -0.635. The number of anilines is 1. The lowest BCUT2D eigenvalue weighted by Gasteiger charge is -2.31. The number of halogens is 1. The molecule has 136 valence electrons. The van der Waals surface area contributed by atoms with Gasteiger partial charge in [-0.15, -0.1) is 0 Å². The Balaban J connectivity index is 2.08. The van der Waals surface area contributed by atoms with Crippen LogP contribution in [0.4, 0.5) is 19.7 Å². The molecule has 1 saturated heterocycles. The second kappa shape index (κ2) is 6.89. The Morgan fingerprint density at radius 3 is 2.60 bits per heavy atom. The van der Waals surface area contributed by atoms with Crippen LogP contribution in [0.1, 0.15) is 20.8 Å². The molecule has 0 aliphatic carbocycles. The fourth-order valence-electron chi connectivity index (χ4n) is 2.07. The summed E-state index contributed by atoms with van der Waals surface area (Å²) in [5, 5.41) is 18.0. The van der Waals surface area contributed by atoms with Crippen molar-refractivity contribution in [2.45, 2.75) is 32.6 Å². The van der Waals surface area contributed by atoms with Gasteiger partial charge >= 0.3 is 19.3 Å². The number of amides is 2. The molecule has 0 unspecified atom stereocenters. The summed E-state index contributed by atoms with van der Waals surface area (Å²) < 4.78 is 24.0. The van der Waals surface area contributed by atoms with Gasteiger partial charge in [0.25, 0.3) is 6.29 Å². The van der Waals surface area contributed by atoms with E-state index in [9.17, 15) is 14.0 Å². The molecule has 0 radical (unpaired) electrons.